The number of rotatable bonds is 5. The molecule has 17 heavy (non-hydrogen) atoms. The number of alkyl halides is 1. The van der Waals surface area contributed by atoms with Gasteiger partial charge in [0, 0.05) is 12.3 Å². The van der Waals surface area contributed by atoms with E-state index in [1.54, 1.807) is 13.0 Å². The molecule has 0 heterocycles. The van der Waals surface area contributed by atoms with Crippen molar-refractivity contribution in [3.05, 3.63) is 35.1 Å². The second-order valence-electron chi connectivity index (χ2n) is 4.93. The Morgan fingerprint density at radius 2 is 1.94 bits per heavy atom. The molecular weight excluding hydrogens is 220 g/mol. The molecule has 0 radical (unpaired) electrons. The summed E-state index contributed by atoms with van der Waals surface area (Å²) in [6, 6.07) is 4.47. The van der Waals surface area contributed by atoms with Gasteiger partial charge in [0.15, 0.2) is 0 Å². The number of hydrogen-bond acceptors (Lipinski definition) is 1. The van der Waals surface area contributed by atoms with E-state index in [4.69, 9.17) is 5.73 Å². The molecule has 0 spiro atoms. The Morgan fingerprint density at radius 3 is 2.41 bits per heavy atom. The van der Waals surface area contributed by atoms with Crippen molar-refractivity contribution in [1.82, 2.24) is 0 Å². The zero-order valence-electron chi connectivity index (χ0n) is 10.7. The van der Waals surface area contributed by atoms with Crippen molar-refractivity contribution in [2.45, 2.75) is 33.4 Å². The second kappa shape index (κ2) is 6.10. The third-order valence-electron chi connectivity index (χ3n) is 3.31. The minimum absolute atomic E-state index is 0.139. The van der Waals surface area contributed by atoms with Crippen LogP contribution >= 0.6 is 0 Å². The van der Waals surface area contributed by atoms with Crippen LogP contribution in [-0.4, -0.2) is 12.7 Å². The lowest BCUT2D eigenvalue weighted by molar-refractivity contribution is 0.185. The lowest BCUT2D eigenvalue weighted by Crippen LogP contribution is -2.30. The summed E-state index contributed by atoms with van der Waals surface area (Å²) in [7, 11) is 0. The van der Waals surface area contributed by atoms with Crippen molar-refractivity contribution >= 4 is 0 Å². The fourth-order valence-electron chi connectivity index (χ4n) is 2.09. The highest BCUT2D eigenvalue weighted by molar-refractivity contribution is 5.27. The first kappa shape index (κ1) is 14.1. The van der Waals surface area contributed by atoms with Crippen LogP contribution in [-0.2, 0) is 6.42 Å². The van der Waals surface area contributed by atoms with Crippen LogP contribution in [0.4, 0.5) is 8.78 Å². The number of aryl methyl sites for hydroxylation is 1. The highest BCUT2D eigenvalue weighted by Gasteiger charge is 2.23. The molecule has 2 N–H and O–H groups in total. The number of halogens is 2. The number of nitrogens with two attached hydrogens (primary N) is 1. The second-order valence-corrected chi connectivity index (χ2v) is 4.93. The van der Waals surface area contributed by atoms with E-state index in [1.807, 2.05) is 13.8 Å². The first-order chi connectivity index (χ1) is 7.95. The third-order valence-corrected chi connectivity index (χ3v) is 3.31. The normalized spacial score (nSPS) is 15.0. The fraction of sp³-hybridized carbons (Fsp3) is 0.571. The van der Waals surface area contributed by atoms with E-state index < -0.39 is 6.17 Å². The Balaban J connectivity index is 2.76. The van der Waals surface area contributed by atoms with Crippen molar-refractivity contribution < 1.29 is 8.78 Å². The number of hydrogen-bond donors (Lipinski definition) is 1. The van der Waals surface area contributed by atoms with Crippen molar-refractivity contribution in [3.8, 4) is 0 Å². The molecule has 96 valence electrons. The first-order valence-corrected chi connectivity index (χ1v) is 6.04. The van der Waals surface area contributed by atoms with Crippen molar-refractivity contribution in [2.24, 2.45) is 17.6 Å². The molecule has 0 bridgehead atoms. The topological polar surface area (TPSA) is 26.0 Å². The van der Waals surface area contributed by atoms with Crippen molar-refractivity contribution in [2.75, 3.05) is 6.54 Å². The molecule has 2 atom stereocenters. The average Bonchev–Trinajstić information content (AvgIpc) is 2.22. The van der Waals surface area contributed by atoms with Crippen LogP contribution in [0.3, 0.4) is 0 Å². The Morgan fingerprint density at radius 1 is 1.29 bits per heavy atom. The molecule has 0 aliphatic heterocycles. The third kappa shape index (κ3) is 3.77. The summed E-state index contributed by atoms with van der Waals surface area (Å²) in [5.41, 5.74) is 7.25. The highest BCUT2D eigenvalue weighted by Crippen LogP contribution is 2.22. The van der Waals surface area contributed by atoms with E-state index in [2.05, 4.69) is 0 Å². The summed E-state index contributed by atoms with van der Waals surface area (Å²) in [4.78, 5) is 0. The number of benzene rings is 1. The molecule has 1 aromatic carbocycles. The average molecular weight is 241 g/mol. The van der Waals surface area contributed by atoms with E-state index in [-0.39, 0.29) is 17.7 Å². The standard InChI is InChI=1S/C14H21F2N/c1-9(2)13(8-17)14(16)7-11-4-5-12(15)6-10(11)3/h4-6,9,13-14H,7-8,17H2,1-3H3. The van der Waals surface area contributed by atoms with E-state index >= 15 is 0 Å². The molecule has 1 rings (SSSR count). The van der Waals surface area contributed by atoms with E-state index in [1.165, 1.54) is 12.1 Å². The summed E-state index contributed by atoms with van der Waals surface area (Å²) in [6.45, 7) is 6.10. The lowest BCUT2D eigenvalue weighted by atomic mass is 9.87. The Bertz CT molecular complexity index is 363. The largest absolute Gasteiger partial charge is 0.330 e. The van der Waals surface area contributed by atoms with Crippen LogP contribution in [0.5, 0.6) is 0 Å². The molecule has 0 aliphatic rings. The first-order valence-electron chi connectivity index (χ1n) is 6.04. The van der Waals surface area contributed by atoms with Crippen LogP contribution < -0.4 is 5.73 Å². The van der Waals surface area contributed by atoms with Gasteiger partial charge >= 0.3 is 0 Å². The zero-order valence-corrected chi connectivity index (χ0v) is 10.7. The van der Waals surface area contributed by atoms with Gasteiger partial charge in [-0.2, -0.15) is 0 Å². The van der Waals surface area contributed by atoms with Gasteiger partial charge in [-0.3, -0.25) is 0 Å². The van der Waals surface area contributed by atoms with Crippen molar-refractivity contribution in [1.29, 1.82) is 0 Å². The molecule has 3 heteroatoms. The summed E-state index contributed by atoms with van der Waals surface area (Å²) >= 11 is 0. The molecule has 1 nitrogen and oxygen atoms in total. The maximum Gasteiger partial charge on any atom is 0.123 e. The van der Waals surface area contributed by atoms with Gasteiger partial charge in [0.1, 0.15) is 12.0 Å². The van der Waals surface area contributed by atoms with Gasteiger partial charge in [0.05, 0.1) is 0 Å². The van der Waals surface area contributed by atoms with Crippen LogP contribution in [0.1, 0.15) is 25.0 Å². The minimum atomic E-state index is -0.968. The molecule has 2 unspecified atom stereocenters. The van der Waals surface area contributed by atoms with Crippen LogP contribution in [0.25, 0.3) is 0 Å². The van der Waals surface area contributed by atoms with Crippen molar-refractivity contribution in [3.63, 3.8) is 0 Å². The Labute approximate surface area is 102 Å². The molecule has 0 aliphatic carbocycles. The highest BCUT2D eigenvalue weighted by atomic mass is 19.1. The fourth-order valence-corrected chi connectivity index (χ4v) is 2.09. The Kier molecular flexibility index (Phi) is 5.06. The van der Waals surface area contributed by atoms with Crippen LogP contribution in [0.15, 0.2) is 18.2 Å². The maximum atomic E-state index is 14.1. The molecule has 0 amide bonds. The molecule has 0 saturated heterocycles. The van der Waals surface area contributed by atoms with Gasteiger partial charge in [0.2, 0.25) is 0 Å². The maximum absolute atomic E-state index is 14.1. The van der Waals surface area contributed by atoms with Gasteiger partial charge in [-0.05, 0) is 42.6 Å². The van der Waals surface area contributed by atoms with Crippen LogP contribution in [0, 0.1) is 24.6 Å². The minimum Gasteiger partial charge on any atom is -0.330 e. The molecule has 0 aromatic heterocycles. The molecule has 0 fully saturated rings. The van der Waals surface area contributed by atoms with Crippen LogP contribution in [0.2, 0.25) is 0 Å². The lowest BCUT2D eigenvalue weighted by Gasteiger charge is -2.23. The summed E-state index contributed by atoms with van der Waals surface area (Å²) in [5, 5.41) is 0. The van der Waals surface area contributed by atoms with E-state index in [0.29, 0.717) is 13.0 Å². The zero-order chi connectivity index (χ0) is 13.0. The quantitative estimate of drug-likeness (QED) is 0.841. The van der Waals surface area contributed by atoms with Gasteiger partial charge in [-0.25, -0.2) is 8.78 Å². The smallest absolute Gasteiger partial charge is 0.123 e. The summed E-state index contributed by atoms with van der Waals surface area (Å²) < 4.78 is 27.0. The molecular formula is C14H21F2N. The Hall–Kier alpha value is -0.960. The molecule has 1 aromatic rings. The summed E-state index contributed by atoms with van der Waals surface area (Å²) in [5.74, 6) is -0.198. The van der Waals surface area contributed by atoms with Gasteiger partial charge in [0.25, 0.3) is 0 Å². The summed E-state index contributed by atoms with van der Waals surface area (Å²) in [6.07, 6.45) is -0.657. The SMILES string of the molecule is Cc1cc(F)ccc1CC(F)C(CN)C(C)C. The van der Waals surface area contributed by atoms with Gasteiger partial charge in [-0.1, -0.05) is 19.9 Å². The predicted molar refractivity (Wildman–Crippen MR) is 67.1 cm³/mol. The van der Waals surface area contributed by atoms with Gasteiger partial charge < -0.3 is 5.73 Å². The molecule has 0 saturated carbocycles. The van der Waals surface area contributed by atoms with Gasteiger partial charge in [-0.15, -0.1) is 0 Å². The van der Waals surface area contributed by atoms with E-state index in [9.17, 15) is 8.78 Å². The van der Waals surface area contributed by atoms with E-state index in [0.717, 1.165) is 11.1 Å². The monoisotopic (exact) mass is 241 g/mol. The predicted octanol–water partition coefficient (Wildman–Crippen LogP) is 3.25.